The number of ether oxygens (including phenoxy) is 1. The molecular formula is C18H19NO6S2. The summed E-state index contributed by atoms with van der Waals surface area (Å²) in [4.78, 5) is 36.6. The lowest BCUT2D eigenvalue weighted by atomic mass is 10.1. The first kappa shape index (κ1) is 20.8. The summed E-state index contributed by atoms with van der Waals surface area (Å²) in [5.41, 5.74) is 0.606. The Bertz CT molecular complexity index is 917. The summed E-state index contributed by atoms with van der Waals surface area (Å²) in [6, 6.07) is 9.23. The second-order valence-electron chi connectivity index (χ2n) is 5.85. The van der Waals surface area contributed by atoms with Gasteiger partial charge < -0.3 is 4.74 Å². The zero-order valence-electron chi connectivity index (χ0n) is 14.8. The van der Waals surface area contributed by atoms with Crippen LogP contribution in [0.1, 0.15) is 39.8 Å². The van der Waals surface area contributed by atoms with Gasteiger partial charge in [-0.15, -0.1) is 11.3 Å². The summed E-state index contributed by atoms with van der Waals surface area (Å²) in [5.74, 6) is -1.19. The van der Waals surface area contributed by atoms with Gasteiger partial charge in [-0.25, -0.2) is 8.42 Å². The van der Waals surface area contributed by atoms with E-state index in [0.29, 0.717) is 10.6 Å². The van der Waals surface area contributed by atoms with Crippen molar-refractivity contribution in [3.05, 3.63) is 52.2 Å². The Morgan fingerprint density at radius 2 is 1.78 bits per heavy atom. The molecule has 144 valence electrons. The van der Waals surface area contributed by atoms with Crippen LogP contribution in [0, 0.1) is 0 Å². The zero-order chi connectivity index (χ0) is 20.0. The molecule has 1 heterocycles. The summed E-state index contributed by atoms with van der Waals surface area (Å²) in [6.45, 7) is 1.45. The molecule has 1 atom stereocenters. The molecule has 1 N–H and O–H groups in total. The van der Waals surface area contributed by atoms with Crippen molar-refractivity contribution >= 4 is 44.6 Å². The monoisotopic (exact) mass is 409 g/mol. The molecule has 27 heavy (non-hydrogen) atoms. The molecule has 0 bridgehead atoms. The Balaban J connectivity index is 1.87. The van der Waals surface area contributed by atoms with Gasteiger partial charge in [0.05, 0.1) is 17.6 Å². The van der Waals surface area contributed by atoms with Crippen molar-refractivity contribution in [3.63, 3.8) is 0 Å². The molecule has 0 amide bonds. The number of sulfonamides is 1. The molecule has 0 aliphatic carbocycles. The average molecular weight is 409 g/mol. The van der Waals surface area contributed by atoms with Crippen LogP contribution in [0.4, 0.5) is 5.69 Å². The molecule has 0 spiro atoms. The number of hydrogen-bond donors (Lipinski definition) is 1. The number of thiophene rings is 1. The fraction of sp³-hybridized carbons (Fsp3) is 0.278. The van der Waals surface area contributed by atoms with Crippen LogP contribution >= 0.6 is 11.3 Å². The van der Waals surface area contributed by atoms with Crippen molar-refractivity contribution in [1.29, 1.82) is 0 Å². The summed E-state index contributed by atoms with van der Waals surface area (Å²) < 4.78 is 29.7. The normalized spacial score (nSPS) is 12.2. The van der Waals surface area contributed by atoms with Crippen LogP contribution in [0.15, 0.2) is 41.8 Å². The lowest BCUT2D eigenvalue weighted by Crippen LogP contribution is -2.24. The molecule has 1 aromatic carbocycles. The number of carbonyl (C=O) groups is 3. The predicted molar refractivity (Wildman–Crippen MR) is 103 cm³/mol. The number of hydrogen-bond acceptors (Lipinski definition) is 7. The highest BCUT2D eigenvalue weighted by molar-refractivity contribution is 7.92. The second-order valence-corrected chi connectivity index (χ2v) is 8.54. The number of anilines is 1. The van der Waals surface area contributed by atoms with Crippen LogP contribution in [0.3, 0.4) is 0 Å². The molecule has 0 saturated heterocycles. The van der Waals surface area contributed by atoms with E-state index in [4.69, 9.17) is 4.74 Å². The third kappa shape index (κ3) is 6.61. The van der Waals surface area contributed by atoms with Crippen LogP contribution in [0.2, 0.25) is 0 Å². The Morgan fingerprint density at radius 3 is 2.33 bits per heavy atom. The van der Waals surface area contributed by atoms with E-state index >= 15 is 0 Å². The first-order valence-corrected chi connectivity index (χ1v) is 10.8. The number of nitrogens with one attached hydrogen (secondary N) is 1. The van der Waals surface area contributed by atoms with E-state index < -0.39 is 27.9 Å². The maximum Gasteiger partial charge on any atom is 0.306 e. The SMILES string of the molecule is C[C@@H](OC(=O)CCC(=O)c1cccs1)C(=O)c1ccc(NS(C)(=O)=O)cc1. The quantitative estimate of drug-likeness (QED) is 0.504. The number of ketones is 2. The highest BCUT2D eigenvalue weighted by Crippen LogP contribution is 2.15. The van der Waals surface area contributed by atoms with Crippen molar-refractivity contribution in [3.8, 4) is 0 Å². The Labute approximate surface area is 161 Å². The van der Waals surface area contributed by atoms with Crippen LogP contribution in [-0.2, 0) is 19.6 Å². The Morgan fingerprint density at radius 1 is 1.11 bits per heavy atom. The Hall–Kier alpha value is -2.52. The van der Waals surface area contributed by atoms with E-state index in [1.54, 1.807) is 17.5 Å². The van der Waals surface area contributed by atoms with E-state index in [-0.39, 0.29) is 24.2 Å². The van der Waals surface area contributed by atoms with Gasteiger partial charge in [0.1, 0.15) is 0 Å². The van der Waals surface area contributed by atoms with E-state index in [1.165, 1.54) is 42.5 Å². The summed E-state index contributed by atoms with van der Waals surface area (Å²) >= 11 is 1.30. The minimum absolute atomic E-state index is 0.0200. The van der Waals surface area contributed by atoms with Gasteiger partial charge in [-0.1, -0.05) is 6.07 Å². The van der Waals surface area contributed by atoms with Gasteiger partial charge in [0.15, 0.2) is 11.9 Å². The lowest BCUT2D eigenvalue weighted by Gasteiger charge is -2.12. The average Bonchev–Trinajstić information content (AvgIpc) is 3.13. The standard InChI is InChI=1S/C18H19NO6S2/c1-12(25-17(21)10-9-15(20)16-4-3-11-26-16)18(22)13-5-7-14(8-6-13)19-27(2,23)24/h3-8,11-12,19H,9-10H2,1-2H3/t12-/m1/s1. The Kier molecular flexibility index (Phi) is 6.86. The smallest absolute Gasteiger partial charge is 0.306 e. The fourth-order valence-electron chi connectivity index (χ4n) is 2.24. The number of esters is 1. The van der Waals surface area contributed by atoms with Crippen LogP contribution in [-0.4, -0.2) is 38.3 Å². The van der Waals surface area contributed by atoms with Gasteiger partial charge in [0.25, 0.3) is 0 Å². The topological polar surface area (TPSA) is 107 Å². The lowest BCUT2D eigenvalue weighted by molar-refractivity contribution is -0.146. The number of rotatable bonds is 9. The molecular weight excluding hydrogens is 390 g/mol. The molecule has 0 unspecified atom stereocenters. The third-order valence-electron chi connectivity index (χ3n) is 3.50. The minimum Gasteiger partial charge on any atom is -0.454 e. The van der Waals surface area contributed by atoms with Crippen molar-refractivity contribution in [2.75, 3.05) is 11.0 Å². The largest absolute Gasteiger partial charge is 0.454 e. The van der Waals surface area contributed by atoms with Gasteiger partial charge in [0, 0.05) is 17.7 Å². The first-order chi connectivity index (χ1) is 12.7. The molecule has 0 aliphatic heterocycles. The fourth-order valence-corrected chi connectivity index (χ4v) is 3.50. The first-order valence-electron chi connectivity index (χ1n) is 8.04. The molecule has 0 radical (unpaired) electrons. The summed E-state index contributed by atoms with van der Waals surface area (Å²) in [7, 11) is -3.40. The van der Waals surface area contributed by atoms with Gasteiger partial charge in [-0.05, 0) is 42.6 Å². The summed E-state index contributed by atoms with van der Waals surface area (Å²) in [6.07, 6.45) is -0.0721. The number of Topliss-reactive ketones (excluding diaryl/α,β-unsaturated/α-hetero) is 2. The van der Waals surface area contributed by atoms with Gasteiger partial charge >= 0.3 is 5.97 Å². The van der Waals surface area contributed by atoms with Crippen LogP contribution in [0.5, 0.6) is 0 Å². The third-order valence-corrected chi connectivity index (χ3v) is 5.02. The second kappa shape index (κ2) is 8.92. The minimum atomic E-state index is -3.40. The molecule has 7 nitrogen and oxygen atoms in total. The number of benzene rings is 1. The summed E-state index contributed by atoms with van der Waals surface area (Å²) in [5, 5.41) is 1.78. The maximum atomic E-state index is 12.3. The molecule has 2 rings (SSSR count). The van der Waals surface area contributed by atoms with Gasteiger partial charge in [-0.3, -0.25) is 19.1 Å². The molecule has 2 aromatic rings. The highest BCUT2D eigenvalue weighted by atomic mass is 32.2. The van der Waals surface area contributed by atoms with E-state index in [9.17, 15) is 22.8 Å². The van der Waals surface area contributed by atoms with Crippen molar-refractivity contribution in [1.82, 2.24) is 0 Å². The van der Waals surface area contributed by atoms with Gasteiger partial charge in [0.2, 0.25) is 15.8 Å². The van der Waals surface area contributed by atoms with Crippen molar-refractivity contribution in [2.45, 2.75) is 25.9 Å². The van der Waals surface area contributed by atoms with Crippen molar-refractivity contribution in [2.24, 2.45) is 0 Å². The van der Waals surface area contributed by atoms with E-state index in [1.807, 2.05) is 0 Å². The van der Waals surface area contributed by atoms with Gasteiger partial charge in [-0.2, -0.15) is 0 Å². The number of carbonyl (C=O) groups excluding carboxylic acids is 3. The molecule has 1 aromatic heterocycles. The predicted octanol–water partition coefficient (Wildman–Crippen LogP) is 2.90. The molecule has 9 heteroatoms. The van der Waals surface area contributed by atoms with E-state index in [2.05, 4.69) is 4.72 Å². The molecule has 0 fully saturated rings. The maximum absolute atomic E-state index is 12.3. The zero-order valence-corrected chi connectivity index (χ0v) is 16.4. The highest BCUT2D eigenvalue weighted by Gasteiger charge is 2.20. The van der Waals surface area contributed by atoms with Crippen LogP contribution < -0.4 is 4.72 Å². The van der Waals surface area contributed by atoms with E-state index in [0.717, 1.165) is 6.26 Å². The molecule has 0 saturated carbocycles. The molecule has 0 aliphatic rings. The van der Waals surface area contributed by atoms with Crippen LogP contribution in [0.25, 0.3) is 0 Å². The van der Waals surface area contributed by atoms with Crippen molar-refractivity contribution < 1.29 is 27.5 Å².